The lowest BCUT2D eigenvalue weighted by atomic mass is 9.78. The molecular formula is C24H34N4O3S2. The van der Waals surface area contributed by atoms with Crippen LogP contribution in [0.5, 0.6) is 0 Å². The van der Waals surface area contributed by atoms with Crippen LogP contribution in [-0.2, 0) is 15.0 Å². The van der Waals surface area contributed by atoms with E-state index in [2.05, 4.69) is 6.07 Å². The van der Waals surface area contributed by atoms with Gasteiger partial charge in [0.25, 0.3) is 10.2 Å². The third kappa shape index (κ3) is 4.83. The molecule has 2 atom stereocenters. The summed E-state index contributed by atoms with van der Waals surface area (Å²) in [5.41, 5.74) is 1.02. The largest absolute Gasteiger partial charge is 0.340 e. The van der Waals surface area contributed by atoms with E-state index in [-0.39, 0.29) is 17.7 Å². The van der Waals surface area contributed by atoms with Crippen LogP contribution in [0.2, 0.25) is 0 Å². The van der Waals surface area contributed by atoms with E-state index in [1.54, 1.807) is 19.9 Å². The van der Waals surface area contributed by atoms with Crippen LogP contribution < -0.4 is 0 Å². The number of nitrogens with zero attached hydrogens (tertiary/aromatic N) is 4. The molecule has 180 valence electrons. The van der Waals surface area contributed by atoms with Crippen molar-refractivity contribution in [3.8, 4) is 0 Å². The summed E-state index contributed by atoms with van der Waals surface area (Å²) in [6.45, 7) is 2.98. The van der Waals surface area contributed by atoms with Gasteiger partial charge in [-0.15, -0.1) is 11.3 Å². The molecular weight excluding hydrogens is 456 g/mol. The van der Waals surface area contributed by atoms with Crippen molar-refractivity contribution < 1.29 is 13.2 Å². The molecule has 2 saturated heterocycles. The molecule has 1 aromatic carbocycles. The minimum absolute atomic E-state index is 0.0481. The van der Waals surface area contributed by atoms with Crippen LogP contribution in [0.25, 0.3) is 10.2 Å². The molecule has 2 aromatic rings. The molecule has 0 radical (unpaired) electrons. The van der Waals surface area contributed by atoms with Crippen LogP contribution in [0.4, 0.5) is 0 Å². The van der Waals surface area contributed by atoms with Crippen molar-refractivity contribution in [3.63, 3.8) is 0 Å². The predicted molar refractivity (Wildman–Crippen MR) is 131 cm³/mol. The second-order valence-corrected chi connectivity index (χ2v) is 12.6. The fraction of sp³-hybridized carbons (Fsp3) is 0.667. The Balaban J connectivity index is 1.25. The summed E-state index contributed by atoms with van der Waals surface area (Å²) >= 11 is 1.72. The zero-order valence-electron chi connectivity index (χ0n) is 19.2. The molecule has 2 aliphatic heterocycles. The van der Waals surface area contributed by atoms with Gasteiger partial charge >= 0.3 is 0 Å². The van der Waals surface area contributed by atoms with Gasteiger partial charge in [-0.1, -0.05) is 37.8 Å². The number of benzene rings is 1. The number of para-hydroxylation sites is 1. The lowest BCUT2D eigenvalue weighted by Gasteiger charge is -2.39. The number of carbonyl (C=O) groups is 1. The molecule has 1 aliphatic carbocycles. The molecule has 3 fully saturated rings. The Bertz CT molecular complexity index is 1040. The number of hydrogen-bond acceptors (Lipinski definition) is 5. The van der Waals surface area contributed by atoms with Gasteiger partial charge in [0.05, 0.1) is 15.2 Å². The number of piperazine rings is 1. The molecule has 0 bridgehead atoms. The molecule has 3 aliphatic rings. The average Bonchev–Trinajstić information content (AvgIpc) is 3.08. The van der Waals surface area contributed by atoms with Gasteiger partial charge in [-0.3, -0.25) is 4.79 Å². The summed E-state index contributed by atoms with van der Waals surface area (Å²) in [4.78, 5) is 20.4. The lowest BCUT2D eigenvalue weighted by molar-refractivity contribution is -0.138. The van der Waals surface area contributed by atoms with Gasteiger partial charge < -0.3 is 4.90 Å². The fourth-order valence-corrected chi connectivity index (χ4v) is 8.42. The number of thiazole rings is 1. The Morgan fingerprint density at radius 2 is 1.52 bits per heavy atom. The van der Waals surface area contributed by atoms with E-state index in [1.165, 1.54) is 4.70 Å². The van der Waals surface area contributed by atoms with E-state index < -0.39 is 10.2 Å². The molecule has 2 unspecified atom stereocenters. The van der Waals surface area contributed by atoms with Crippen LogP contribution in [-0.4, -0.2) is 72.1 Å². The van der Waals surface area contributed by atoms with E-state index in [4.69, 9.17) is 4.98 Å². The van der Waals surface area contributed by atoms with Crippen molar-refractivity contribution in [1.82, 2.24) is 18.5 Å². The summed E-state index contributed by atoms with van der Waals surface area (Å²) in [5.74, 6) is 0.307. The van der Waals surface area contributed by atoms with Gasteiger partial charge in [0.1, 0.15) is 0 Å². The minimum atomic E-state index is -3.43. The van der Waals surface area contributed by atoms with Gasteiger partial charge in [0.2, 0.25) is 5.91 Å². The first-order valence-corrected chi connectivity index (χ1v) is 14.6. The first-order chi connectivity index (χ1) is 16.0. The normalized spacial score (nSPS) is 26.4. The Kier molecular flexibility index (Phi) is 7.02. The molecule has 1 saturated carbocycles. The highest BCUT2D eigenvalue weighted by Crippen LogP contribution is 2.41. The summed E-state index contributed by atoms with van der Waals surface area (Å²) in [6, 6.07) is 8.18. The maximum atomic E-state index is 13.6. The van der Waals surface area contributed by atoms with Crippen molar-refractivity contribution in [2.75, 3.05) is 39.3 Å². The predicted octanol–water partition coefficient (Wildman–Crippen LogP) is 3.84. The van der Waals surface area contributed by atoms with Crippen LogP contribution in [0.3, 0.4) is 0 Å². The second-order valence-electron chi connectivity index (χ2n) is 9.56. The molecule has 7 nitrogen and oxygen atoms in total. The molecule has 33 heavy (non-hydrogen) atoms. The summed E-state index contributed by atoms with van der Waals surface area (Å²) in [7, 11) is -3.43. The van der Waals surface area contributed by atoms with Gasteiger partial charge in [0, 0.05) is 51.1 Å². The van der Waals surface area contributed by atoms with Crippen molar-refractivity contribution in [2.24, 2.45) is 5.92 Å². The van der Waals surface area contributed by atoms with Gasteiger partial charge in [-0.2, -0.15) is 17.0 Å². The second kappa shape index (κ2) is 9.98. The SMILES string of the molecule is O=C(C1CCCCC1c1nc2ccccc2s1)N1CCN(S(=O)(=O)N2CCCCCC2)CC1. The first kappa shape index (κ1) is 23.2. The highest BCUT2D eigenvalue weighted by molar-refractivity contribution is 7.86. The monoisotopic (exact) mass is 490 g/mol. The molecule has 5 rings (SSSR count). The van der Waals surface area contributed by atoms with E-state index in [1.807, 2.05) is 23.1 Å². The Morgan fingerprint density at radius 3 is 2.24 bits per heavy atom. The number of rotatable bonds is 4. The lowest BCUT2D eigenvalue weighted by Crippen LogP contribution is -2.55. The third-order valence-electron chi connectivity index (χ3n) is 7.48. The molecule has 3 heterocycles. The Morgan fingerprint density at radius 1 is 0.848 bits per heavy atom. The number of amides is 1. The van der Waals surface area contributed by atoms with Crippen LogP contribution in [0, 0.1) is 5.92 Å². The summed E-state index contributed by atoms with van der Waals surface area (Å²) in [6.07, 6.45) is 8.18. The molecule has 0 N–H and O–H groups in total. The molecule has 9 heteroatoms. The average molecular weight is 491 g/mol. The number of aromatic nitrogens is 1. The van der Waals surface area contributed by atoms with Crippen LogP contribution in [0.15, 0.2) is 24.3 Å². The van der Waals surface area contributed by atoms with E-state index >= 15 is 0 Å². The molecule has 0 spiro atoms. The summed E-state index contributed by atoms with van der Waals surface area (Å²) < 4.78 is 30.7. The zero-order chi connectivity index (χ0) is 22.8. The standard InChI is InChI=1S/C24H34N4O3S2/c29-24(20-10-4-3-9-19(20)23-25-21-11-5-6-12-22(21)32-23)26-15-17-28(18-16-26)33(30,31)27-13-7-1-2-8-14-27/h5-6,11-12,19-20H,1-4,7-10,13-18H2. The molecule has 1 amide bonds. The van der Waals surface area contributed by atoms with Crippen molar-refractivity contribution in [1.29, 1.82) is 0 Å². The smallest absolute Gasteiger partial charge is 0.282 e. The van der Waals surface area contributed by atoms with Crippen LogP contribution in [0.1, 0.15) is 62.3 Å². The van der Waals surface area contributed by atoms with E-state index in [0.29, 0.717) is 39.3 Å². The topological polar surface area (TPSA) is 73.8 Å². The Labute approximate surface area is 200 Å². The van der Waals surface area contributed by atoms with Crippen molar-refractivity contribution in [2.45, 2.75) is 57.3 Å². The number of hydrogen-bond donors (Lipinski definition) is 0. The van der Waals surface area contributed by atoms with E-state index in [9.17, 15) is 13.2 Å². The van der Waals surface area contributed by atoms with Crippen LogP contribution >= 0.6 is 11.3 Å². The maximum Gasteiger partial charge on any atom is 0.282 e. The van der Waals surface area contributed by atoms with Gasteiger partial charge in [-0.25, -0.2) is 4.98 Å². The van der Waals surface area contributed by atoms with Gasteiger partial charge in [-0.05, 0) is 37.8 Å². The summed E-state index contributed by atoms with van der Waals surface area (Å²) in [5, 5.41) is 1.08. The minimum Gasteiger partial charge on any atom is -0.340 e. The first-order valence-electron chi connectivity index (χ1n) is 12.4. The highest BCUT2D eigenvalue weighted by Gasteiger charge is 2.39. The van der Waals surface area contributed by atoms with Crippen molar-refractivity contribution in [3.05, 3.63) is 29.3 Å². The zero-order valence-corrected chi connectivity index (χ0v) is 20.8. The Hall–Kier alpha value is -1.55. The van der Waals surface area contributed by atoms with Crippen molar-refractivity contribution >= 4 is 37.7 Å². The quantitative estimate of drug-likeness (QED) is 0.653. The van der Waals surface area contributed by atoms with E-state index in [0.717, 1.165) is 61.9 Å². The highest BCUT2D eigenvalue weighted by atomic mass is 32.2. The number of fused-ring (bicyclic) bond motifs is 1. The van der Waals surface area contributed by atoms with Gasteiger partial charge in [0.15, 0.2) is 0 Å². The maximum absolute atomic E-state index is 13.6. The molecule has 1 aromatic heterocycles. The third-order valence-corrected chi connectivity index (χ3v) is 10.7. The fourth-order valence-electron chi connectivity index (χ4n) is 5.58. The number of carbonyl (C=O) groups excluding carboxylic acids is 1.